The molecule has 0 radical (unpaired) electrons. The van der Waals surface area contributed by atoms with Gasteiger partial charge >= 0.3 is 23.9 Å². The van der Waals surface area contributed by atoms with Crippen LogP contribution >= 0.6 is 0 Å². The fraction of sp³-hybridized carbons (Fsp3) is 0. The number of rotatable bonds is 4. The quantitative estimate of drug-likeness (QED) is 0.537. The molecule has 8 nitrogen and oxygen atoms in total. The van der Waals surface area contributed by atoms with E-state index in [1.54, 1.807) is 30.3 Å². The number of fused-ring (bicyclic) bond motifs is 1. The summed E-state index contributed by atoms with van der Waals surface area (Å²) in [5.41, 5.74) is -0.184. The van der Waals surface area contributed by atoms with Gasteiger partial charge in [-0.3, -0.25) is 0 Å². The Bertz CT molecular complexity index is 1030. The second-order valence-corrected chi connectivity index (χ2v) is 5.51. The topological polar surface area (TPSA) is 149 Å². The molecule has 3 rings (SSSR count). The lowest BCUT2D eigenvalue weighted by molar-refractivity contribution is 0.0653. The summed E-state index contributed by atoms with van der Waals surface area (Å²) in [6, 6.07) is 14.7. The molecule has 28 heavy (non-hydrogen) atoms. The summed E-state index contributed by atoms with van der Waals surface area (Å²) in [4.78, 5) is 42.7. The highest BCUT2D eigenvalue weighted by molar-refractivity contribution is 6.11. The van der Waals surface area contributed by atoms with Gasteiger partial charge in [0.05, 0.1) is 22.3 Å². The normalized spacial score (nSPS) is 9.86. The molecule has 0 saturated heterocycles. The van der Waals surface area contributed by atoms with Gasteiger partial charge in [0.25, 0.3) is 0 Å². The predicted octanol–water partition coefficient (Wildman–Crippen LogP) is 3.32. The van der Waals surface area contributed by atoms with Crippen LogP contribution in [0.4, 0.5) is 0 Å². The molecular weight excluding hydrogens is 368 g/mol. The van der Waals surface area contributed by atoms with E-state index in [1.807, 2.05) is 0 Å². The number of hydrogen-bond donors (Lipinski definition) is 4. The van der Waals surface area contributed by atoms with Crippen LogP contribution in [-0.2, 0) is 0 Å². The number of carboxylic acids is 4. The number of carboxylic acid groups (broad SMARTS) is 4. The molecular formula is C20H14O8. The van der Waals surface area contributed by atoms with E-state index in [-0.39, 0.29) is 22.3 Å². The first kappa shape index (κ1) is 20.1. The average Bonchev–Trinajstić information content (AvgIpc) is 2.67. The first-order chi connectivity index (χ1) is 13.2. The summed E-state index contributed by atoms with van der Waals surface area (Å²) < 4.78 is 0. The van der Waals surface area contributed by atoms with Crippen LogP contribution in [0.2, 0.25) is 0 Å². The Balaban J connectivity index is 0.000000209. The Labute approximate surface area is 157 Å². The Kier molecular flexibility index (Phi) is 6.07. The third-order valence-electron chi connectivity index (χ3n) is 3.75. The molecule has 3 aromatic carbocycles. The third-order valence-corrected chi connectivity index (χ3v) is 3.75. The van der Waals surface area contributed by atoms with Gasteiger partial charge in [-0.25, -0.2) is 19.2 Å². The van der Waals surface area contributed by atoms with E-state index in [4.69, 9.17) is 20.4 Å². The van der Waals surface area contributed by atoms with Crippen molar-refractivity contribution in [3.8, 4) is 0 Å². The van der Waals surface area contributed by atoms with E-state index < -0.39 is 23.9 Å². The van der Waals surface area contributed by atoms with E-state index in [2.05, 4.69) is 0 Å². The van der Waals surface area contributed by atoms with Gasteiger partial charge in [-0.15, -0.1) is 0 Å². The van der Waals surface area contributed by atoms with Gasteiger partial charge in [0.2, 0.25) is 0 Å². The van der Waals surface area contributed by atoms with Crippen LogP contribution in [-0.4, -0.2) is 44.3 Å². The fourth-order valence-corrected chi connectivity index (χ4v) is 2.44. The van der Waals surface area contributed by atoms with Gasteiger partial charge in [-0.05, 0) is 41.1 Å². The van der Waals surface area contributed by atoms with Crippen molar-refractivity contribution < 1.29 is 39.6 Å². The zero-order valence-corrected chi connectivity index (χ0v) is 14.2. The maximum atomic E-state index is 11.1. The van der Waals surface area contributed by atoms with Crippen LogP contribution in [0.5, 0.6) is 0 Å². The molecule has 4 N–H and O–H groups in total. The maximum absolute atomic E-state index is 11.1. The molecule has 0 aromatic heterocycles. The smallest absolute Gasteiger partial charge is 0.337 e. The predicted molar refractivity (Wildman–Crippen MR) is 98.2 cm³/mol. The van der Waals surface area contributed by atoms with Crippen LogP contribution in [0.1, 0.15) is 41.4 Å². The first-order valence-corrected chi connectivity index (χ1v) is 7.77. The monoisotopic (exact) mass is 382 g/mol. The highest BCUT2D eigenvalue weighted by Gasteiger charge is 2.18. The molecule has 0 bridgehead atoms. The summed E-state index contributed by atoms with van der Waals surface area (Å²) in [6.07, 6.45) is 0. The van der Waals surface area contributed by atoms with Gasteiger partial charge in [-0.1, -0.05) is 30.3 Å². The lowest BCUT2D eigenvalue weighted by Crippen LogP contribution is -2.08. The van der Waals surface area contributed by atoms with Gasteiger partial charge < -0.3 is 20.4 Å². The van der Waals surface area contributed by atoms with E-state index in [0.29, 0.717) is 10.8 Å². The van der Waals surface area contributed by atoms with E-state index in [1.165, 1.54) is 30.3 Å². The highest BCUT2D eigenvalue weighted by Crippen LogP contribution is 2.22. The fourth-order valence-electron chi connectivity index (χ4n) is 2.44. The molecule has 0 amide bonds. The van der Waals surface area contributed by atoms with Crippen molar-refractivity contribution in [1.29, 1.82) is 0 Å². The van der Waals surface area contributed by atoms with Crippen molar-refractivity contribution >= 4 is 34.6 Å². The molecule has 0 saturated carbocycles. The molecule has 0 fully saturated rings. The second-order valence-electron chi connectivity index (χ2n) is 5.51. The lowest BCUT2D eigenvalue weighted by Gasteiger charge is -2.05. The third kappa shape index (κ3) is 4.50. The standard InChI is InChI=1S/C12H8O4.C8H6O4/c13-11(14)9-6-5-7-3-1-2-4-8(7)10(9)12(15)16;9-7(10)5-1-2-6(4-3-5)8(11)12/h1-6H,(H,13,14)(H,15,16);1-4H,(H,9,10)(H,11,12). The molecule has 0 aliphatic rings. The molecule has 0 aliphatic heterocycles. The molecule has 8 heteroatoms. The summed E-state index contributed by atoms with van der Waals surface area (Å²) >= 11 is 0. The van der Waals surface area contributed by atoms with Crippen LogP contribution in [0, 0.1) is 0 Å². The van der Waals surface area contributed by atoms with Crippen molar-refractivity contribution in [1.82, 2.24) is 0 Å². The minimum Gasteiger partial charge on any atom is -0.478 e. The van der Waals surface area contributed by atoms with Gasteiger partial charge in [-0.2, -0.15) is 0 Å². The van der Waals surface area contributed by atoms with Gasteiger partial charge in [0.1, 0.15) is 0 Å². The van der Waals surface area contributed by atoms with Crippen molar-refractivity contribution in [2.45, 2.75) is 0 Å². The minimum atomic E-state index is -1.23. The van der Waals surface area contributed by atoms with E-state index in [0.717, 1.165) is 0 Å². The maximum Gasteiger partial charge on any atom is 0.337 e. The molecule has 0 spiro atoms. The zero-order chi connectivity index (χ0) is 20.8. The van der Waals surface area contributed by atoms with Crippen molar-refractivity contribution in [2.75, 3.05) is 0 Å². The zero-order valence-electron chi connectivity index (χ0n) is 14.2. The van der Waals surface area contributed by atoms with Crippen molar-refractivity contribution in [3.63, 3.8) is 0 Å². The number of aromatic carboxylic acids is 4. The number of hydrogen-bond acceptors (Lipinski definition) is 4. The molecule has 142 valence electrons. The Morgan fingerprint density at radius 3 is 1.46 bits per heavy atom. The SMILES string of the molecule is O=C(O)c1ccc(C(=O)O)cc1.O=C(O)c1ccc2ccccc2c1C(=O)O. The average molecular weight is 382 g/mol. The highest BCUT2D eigenvalue weighted by atomic mass is 16.4. The number of carbonyl (C=O) groups is 4. The summed E-state index contributed by atoms with van der Waals surface area (Å²) in [5.74, 6) is -4.59. The van der Waals surface area contributed by atoms with Crippen molar-refractivity contribution in [3.05, 3.63) is 82.9 Å². The van der Waals surface area contributed by atoms with Gasteiger partial charge in [0, 0.05) is 0 Å². The molecule has 0 heterocycles. The number of benzene rings is 3. The Hall–Kier alpha value is -4.20. The second kappa shape index (κ2) is 8.45. The van der Waals surface area contributed by atoms with E-state index >= 15 is 0 Å². The van der Waals surface area contributed by atoms with Crippen LogP contribution < -0.4 is 0 Å². The molecule has 0 unspecified atom stereocenters. The summed E-state index contributed by atoms with van der Waals surface area (Å²) in [7, 11) is 0. The molecule has 0 aliphatic carbocycles. The summed E-state index contributed by atoms with van der Waals surface area (Å²) in [5, 5.41) is 36.0. The Morgan fingerprint density at radius 2 is 1.04 bits per heavy atom. The molecule has 0 atom stereocenters. The van der Waals surface area contributed by atoms with Crippen LogP contribution in [0.3, 0.4) is 0 Å². The van der Waals surface area contributed by atoms with E-state index in [9.17, 15) is 19.2 Å². The minimum absolute atomic E-state index is 0.0833. The van der Waals surface area contributed by atoms with Crippen molar-refractivity contribution in [2.24, 2.45) is 0 Å². The first-order valence-electron chi connectivity index (χ1n) is 7.77. The van der Waals surface area contributed by atoms with Crippen LogP contribution in [0.15, 0.2) is 60.7 Å². The lowest BCUT2D eigenvalue weighted by atomic mass is 9.99. The largest absolute Gasteiger partial charge is 0.478 e. The van der Waals surface area contributed by atoms with Gasteiger partial charge in [0.15, 0.2) is 0 Å². The Morgan fingerprint density at radius 1 is 0.536 bits per heavy atom. The molecule has 3 aromatic rings. The summed E-state index contributed by atoms with van der Waals surface area (Å²) in [6.45, 7) is 0. The van der Waals surface area contributed by atoms with Crippen LogP contribution in [0.25, 0.3) is 10.8 Å².